The number of fused-ring (bicyclic) bond motifs is 2. The minimum atomic E-state index is -4.61. The Morgan fingerprint density at radius 3 is 2.35 bits per heavy atom. The molecule has 3 aromatic carbocycles. The van der Waals surface area contributed by atoms with E-state index in [1.807, 2.05) is 18.2 Å². The summed E-state index contributed by atoms with van der Waals surface area (Å²) in [6, 6.07) is 15.3. The Morgan fingerprint density at radius 1 is 0.824 bits per heavy atom. The number of piperazine rings is 1. The average molecular weight is 937 g/mol. The van der Waals surface area contributed by atoms with Crippen LogP contribution in [0, 0.1) is 34.9 Å². The van der Waals surface area contributed by atoms with E-state index in [9.17, 15) is 37.6 Å². The van der Waals surface area contributed by atoms with Crippen LogP contribution in [-0.4, -0.2) is 114 Å². The molecule has 68 heavy (non-hydrogen) atoms. The number of benzene rings is 3. The first-order chi connectivity index (χ1) is 32.5. The summed E-state index contributed by atoms with van der Waals surface area (Å²) in [6.07, 6.45) is 1.09. The van der Waals surface area contributed by atoms with E-state index in [0.717, 1.165) is 89.9 Å². The predicted octanol–water partition coefficient (Wildman–Crippen LogP) is 7.31. The van der Waals surface area contributed by atoms with Crippen molar-refractivity contribution in [1.82, 2.24) is 24.9 Å². The fourth-order valence-corrected chi connectivity index (χ4v) is 12.3. The molecule has 4 amide bonds. The number of nitrogens with zero attached hydrogens (tertiary/aromatic N) is 7. The van der Waals surface area contributed by atoms with E-state index in [0.29, 0.717) is 54.0 Å². The quantitative estimate of drug-likeness (QED) is 0.165. The van der Waals surface area contributed by atoms with Gasteiger partial charge in [-0.2, -0.15) is 18.4 Å². The summed E-state index contributed by atoms with van der Waals surface area (Å²) >= 11 is 0. The molecule has 0 spiro atoms. The van der Waals surface area contributed by atoms with E-state index in [-0.39, 0.29) is 71.8 Å². The molecule has 12 nitrogen and oxygen atoms in total. The second-order valence-electron chi connectivity index (χ2n) is 21.1. The van der Waals surface area contributed by atoms with Gasteiger partial charge in [-0.05, 0) is 136 Å². The molecular formula is C52H60F4N8O4. The van der Waals surface area contributed by atoms with Crippen molar-refractivity contribution >= 4 is 35.0 Å². The molecule has 6 heterocycles. The number of amides is 4. The zero-order valence-electron chi connectivity index (χ0n) is 38.9. The van der Waals surface area contributed by atoms with Gasteiger partial charge in [-0.25, -0.2) is 4.39 Å². The van der Waals surface area contributed by atoms with Gasteiger partial charge in [0.05, 0.1) is 30.4 Å². The molecule has 16 heteroatoms. The molecule has 0 aromatic heterocycles. The molecule has 4 saturated heterocycles. The number of anilines is 2. The predicted molar refractivity (Wildman–Crippen MR) is 247 cm³/mol. The fraction of sp³-hybridized carbons (Fsp3) is 0.558. The minimum absolute atomic E-state index is 0.00579. The first kappa shape index (κ1) is 46.4. The van der Waals surface area contributed by atoms with Crippen molar-refractivity contribution in [3.63, 3.8) is 0 Å². The van der Waals surface area contributed by atoms with Crippen LogP contribution < -0.4 is 15.1 Å². The number of halogens is 4. The topological polar surface area (TPSA) is 124 Å². The van der Waals surface area contributed by atoms with E-state index in [2.05, 4.69) is 44.8 Å². The van der Waals surface area contributed by atoms with E-state index in [1.54, 1.807) is 24.3 Å². The van der Waals surface area contributed by atoms with Gasteiger partial charge < -0.3 is 14.7 Å². The highest BCUT2D eigenvalue weighted by Crippen LogP contribution is 2.44. The normalized spacial score (nSPS) is 26.2. The number of rotatable bonds is 10. The van der Waals surface area contributed by atoms with Crippen molar-refractivity contribution in [2.24, 2.45) is 17.8 Å². The standard InChI is InChI=1S/C52H60F4N8O4/c1-51(2)31-60(25-32-12-15-61(16-13-32)44-9-8-39-42(47(44)53)30-64(49(39)67)45-10-11-46(65)58-48(45)66)17-18-62(51)28-33-5-4-14-59(26-33)27-35-21-40-41(43(22-35)52(54,55)56)29-63(50(40)68)38-7-3-6-36(23-38)37-19-34(20-37)24-57/h3,6-9,21-23,32-34,37,45H,4-5,10-20,25-31H2,1-2H3,(H,58,65,66). The molecule has 360 valence electrons. The zero-order valence-corrected chi connectivity index (χ0v) is 38.9. The van der Waals surface area contributed by atoms with Crippen LogP contribution in [0.25, 0.3) is 0 Å². The van der Waals surface area contributed by atoms with Gasteiger partial charge in [0.1, 0.15) is 6.04 Å². The SMILES string of the molecule is CC1(C)CN(CC2CCN(c3ccc4c(c3F)CN(C3CCC(=O)NC3=O)C4=O)CC2)CCN1CC1CCCN(Cc2cc3c(c(C(F)(F)F)c2)CN(c2cccc(C4CC(C#N)C4)c2)C3=O)C1. The van der Waals surface area contributed by atoms with Crippen LogP contribution in [0.5, 0.6) is 0 Å². The third kappa shape index (κ3) is 9.02. The number of nitriles is 1. The lowest BCUT2D eigenvalue weighted by Crippen LogP contribution is -2.61. The number of piperidine rings is 3. The van der Waals surface area contributed by atoms with Crippen molar-refractivity contribution in [3.05, 3.63) is 93.3 Å². The molecule has 0 bridgehead atoms. The monoisotopic (exact) mass is 936 g/mol. The molecule has 1 N–H and O–H groups in total. The van der Waals surface area contributed by atoms with Gasteiger partial charge in [0.15, 0.2) is 5.82 Å². The van der Waals surface area contributed by atoms with Gasteiger partial charge in [0.25, 0.3) is 11.8 Å². The highest BCUT2D eigenvalue weighted by atomic mass is 19.4. The van der Waals surface area contributed by atoms with Gasteiger partial charge in [0.2, 0.25) is 11.8 Å². The molecular weight excluding hydrogens is 877 g/mol. The largest absolute Gasteiger partial charge is 0.416 e. The molecule has 7 aliphatic rings. The van der Waals surface area contributed by atoms with Crippen LogP contribution in [0.1, 0.15) is 120 Å². The molecule has 3 aromatic rings. The smallest absolute Gasteiger partial charge is 0.369 e. The molecule has 1 aliphatic carbocycles. The summed E-state index contributed by atoms with van der Waals surface area (Å²) in [4.78, 5) is 63.6. The third-order valence-corrected chi connectivity index (χ3v) is 16.1. The molecule has 1 saturated carbocycles. The molecule has 2 atom stereocenters. The molecule has 0 radical (unpaired) electrons. The first-order valence-corrected chi connectivity index (χ1v) is 24.5. The highest BCUT2D eigenvalue weighted by molar-refractivity contribution is 6.10. The molecule has 2 unspecified atom stereocenters. The Labute approximate surface area is 395 Å². The second-order valence-corrected chi connectivity index (χ2v) is 21.1. The zero-order chi connectivity index (χ0) is 47.6. The lowest BCUT2D eigenvalue weighted by Gasteiger charge is -2.50. The van der Waals surface area contributed by atoms with Crippen molar-refractivity contribution < 1.29 is 36.7 Å². The Balaban J connectivity index is 0.718. The third-order valence-electron chi connectivity index (χ3n) is 16.1. The molecule has 6 aliphatic heterocycles. The number of alkyl halides is 3. The Hall–Kier alpha value is -5.37. The number of imide groups is 1. The minimum Gasteiger partial charge on any atom is -0.369 e. The van der Waals surface area contributed by atoms with Crippen LogP contribution in [0.4, 0.5) is 28.9 Å². The number of carbonyl (C=O) groups excluding carboxylic acids is 4. The van der Waals surface area contributed by atoms with Crippen molar-refractivity contribution in [2.45, 2.75) is 109 Å². The maximum atomic E-state index is 16.1. The summed E-state index contributed by atoms with van der Waals surface area (Å²) in [5, 5.41) is 11.5. The highest BCUT2D eigenvalue weighted by Gasteiger charge is 2.44. The number of nitrogens with one attached hydrogen (secondary N) is 1. The van der Waals surface area contributed by atoms with Gasteiger partial charge in [0, 0.05) is 99.2 Å². The number of hydrogen-bond donors (Lipinski definition) is 1. The van der Waals surface area contributed by atoms with E-state index < -0.39 is 35.4 Å². The Morgan fingerprint density at radius 2 is 1.62 bits per heavy atom. The number of carbonyl (C=O) groups is 4. The average Bonchev–Trinajstić information content (AvgIpc) is 3.80. The molecule has 5 fully saturated rings. The van der Waals surface area contributed by atoms with Crippen molar-refractivity contribution in [3.8, 4) is 6.07 Å². The van der Waals surface area contributed by atoms with Crippen LogP contribution in [0.15, 0.2) is 48.5 Å². The summed E-state index contributed by atoms with van der Waals surface area (Å²) in [6.45, 7) is 12.4. The fourth-order valence-electron chi connectivity index (χ4n) is 12.3. The summed E-state index contributed by atoms with van der Waals surface area (Å²) in [7, 11) is 0. The van der Waals surface area contributed by atoms with Gasteiger partial charge in [-0.3, -0.25) is 39.2 Å². The van der Waals surface area contributed by atoms with E-state index in [4.69, 9.17) is 0 Å². The lowest BCUT2D eigenvalue weighted by atomic mass is 9.72. The summed E-state index contributed by atoms with van der Waals surface area (Å²) in [5.41, 5.74) is 2.49. The van der Waals surface area contributed by atoms with Crippen LogP contribution in [0.2, 0.25) is 0 Å². The van der Waals surface area contributed by atoms with E-state index >= 15 is 4.39 Å². The van der Waals surface area contributed by atoms with Crippen LogP contribution in [0.3, 0.4) is 0 Å². The maximum absolute atomic E-state index is 16.1. The molecule has 10 rings (SSSR count). The number of likely N-dealkylation sites (tertiary alicyclic amines) is 1. The Kier molecular flexibility index (Phi) is 12.4. The maximum Gasteiger partial charge on any atom is 0.416 e. The second kappa shape index (κ2) is 18.2. The Bertz CT molecular complexity index is 2550. The van der Waals surface area contributed by atoms with Crippen LogP contribution in [-0.2, 0) is 35.4 Å². The van der Waals surface area contributed by atoms with Crippen molar-refractivity contribution in [2.75, 3.05) is 68.7 Å². The van der Waals surface area contributed by atoms with Gasteiger partial charge >= 0.3 is 6.18 Å². The van der Waals surface area contributed by atoms with Crippen LogP contribution >= 0.6 is 0 Å². The summed E-state index contributed by atoms with van der Waals surface area (Å²) in [5.74, 6) is -1.04. The lowest BCUT2D eigenvalue weighted by molar-refractivity contribution is -0.138. The number of hydrogen-bond acceptors (Lipinski definition) is 9. The first-order valence-electron chi connectivity index (χ1n) is 24.5. The summed E-state index contributed by atoms with van der Waals surface area (Å²) < 4.78 is 60.2. The van der Waals surface area contributed by atoms with Gasteiger partial charge in [-0.15, -0.1) is 0 Å². The van der Waals surface area contributed by atoms with E-state index in [1.165, 1.54) is 15.9 Å². The van der Waals surface area contributed by atoms with Gasteiger partial charge in [-0.1, -0.05) is 12.1 Å². The van der Waals surface area contributed by atoms with Crippen molar-refractivity contribution in [1.29, 1.82) is 5.26 Å².